The Morgan fingerprint density at radius 1 is 1.35 bits per heavy atom. The number of benzene rings is 1. The summed E-state index contributed by atoms with van der Waals surface area (Å²) in [7, 11) is 0. The minimum absolute atomic E-state index is 0.199. The molecule has 0 aliphatic rings. The number of thioether (sulfide) groups is 1. The summed E-state index contributed by atoms with van der Waals surface area (Å²) in [5, 5.41) is 4.14. The van der Waals surface area contributed by atoms with Gasteiger partial charge >= 0.3 is 0 Å². The maximum absolute atomic E-state index is 11.6. The fraction of sp³-hybridized carbons (Fsp3) is 0.143. The summed E-state index contributed by atoms with van der Waals surface area (Å²) in [6.45, 7) is 1.79. The molecule has 0 fully saturated rings. The van der Waals surface area contributed by atoms with E-state index in [0.29, 0.717) is 11.3 Å². The Labute approximate surface area is 124 Å². The third-order valence-corrected chi connectivity index (χ3v) is 4.39. The van der Waals surface area contributed by atoms with Crippen LogP contribution in [-0.2, 0) is 5.75 Å². The summed E-state index contributed by atoms with van der Waals surface area (Å²) in [5.41, 5.74) is 2.29. The van der Waals surface area contributed by atoms with Crippen LogP contribution in [0.4, 0.5) is 0 Å². The fourth-order valence-electron chi connectivity index (χ4n) is 1.93. The van der Waals surface area contributed by atoms with Crippen molar-refractivity contribution in [1.29, 1.82) is 0 Å². The number of nitrogens with one attached hydrogen (secondary N) is 1. The molecule has 2 aromatic heterocycles. The lowest BCUT2D eigenvalue weighted by atomic mass is 10.2. The number of nitrogens with zero attached hydrogens (tertiary/aromatic N) is 2. The van der Waals surface area contributed by atoms with Gasteiger partial charge in [-0.2, -0.15) is 0 Å². The van der Waals surface area contributed by atoms with Gasteiger partial charge in [0.25, 0.3) is 0 Å². The molecule has 0 amide bonds. The molecule has 0 saturated carbocycles. The maximum Gasteiger partial charge on any atom is 0.202 e. The maximum atomic E-state index is 11.6. The van der Waals surface area contributed by atoms with Crippen molar-refractivity contribution in [3.8, 4) is 0 Å². The second-order valence-corrected chi connectivity index (χ2v) is 5.75. The van der Waals surface area contributed by atoms with Crippen LogP contribution in [0.1, 0.15) is 11.3 Å². The number of fused-ring (bicyclic) bond motifs is 1. The molecule has 1 N–H and O–H groups in total. The summed E-state index contributed by atoms with van der Waals surface area (Å²) in [4.78, 5) is 16.0. The normalized spacial score (nSPS) is 11.1. The van der Waals surface area contributed by atoms with Crippen molar-refractivity contribution in [2.24, 2.45) is 0 Å². The summed E-state index contributed by atoms with van der Waals surface area (Å²) < 4.78 is 1.73. The number of halogens is 1. The monoisotopic (exact) mass is 305 g/mol. The Morgan fingerprint density at radius 3 is 2.85 bits per heavy atom. The van der Waals surface area contributed by atoms with Crippen LogP contribution in [0.2, 0.25) is 5.02 Å². The first-order valence-corrected chi connectivity index (χ1v) is 7.46. The first kappa shape index (κ1) is 13.3. The number of hydrogen-bond acceptors (Lipinski definition) is 3. The minimum Gasteiger partial charge on any atom is -0.288 e. The number of aromatic amines is 1. The third-order valence-electron chi connectivity index (χ3n) is 3.00. The average Bonchev–Trinajstić information content (AvgIpc) is 2.87. The zero-order valence-electron chi connectivity index (χ0n) is 10.8. The van der Waals surface area contributed by atoms with Gasteiger partial charge in [0, 0.05) is 11.8 Å². The van der Waals surface area contributed by atoms with Gasteiger partial charge in [0.2, 0.25) is 5.43 Å². The lowest BCUT2D eigenvalue weighted by molar-refractivity contribution is 0.855. The average molecular weight is 306 g/mol. The quantitative estimate of drug-likeness (QED) is 0.756. The van der Waals surface area contributed by atoms with Crippen molar-refractivity contribution >= 4 is 29.0 Å². The molecule has 20 heavy (non-hydrogen) atoms. The first-order chi connectivity index (χ1) is 9.65. The molecule has 3 rings (SSSR count). The number of aryl methyl sites for hydroxylation is 1. The van der Waals surface area contributed by atoms with Crippen molar-refractivity contribution < 1.29 is 0 Å². The van der Waals surface area contributed by atoms with Crippen LogP contribution in [0.25, 0.3) is 5.65 Å². The highest BCUT2D eigenvalue weighted by molar-refractivity contribution is 7.98. The van der Waals surface area contributed by atoms with Crippen LogP contribution in [0.3, 0.4) is 0 Å². The molecule has 3 aromatic rings. The van der Waals surface area contributed by atoms with Crippen LogP contribution in [-0.4, -0.2) is 14.6 Å². The first-order valence-electron chi connectivity index (χ1n) is 6.10. The highest BCUT2D eigenvalue weighted by Gasteiger charge is 2.10. The molecule has 0 radical (unpaired) electrons. The molecule has 6 heteroatoms. The Bertz CT molecular complexity index is 810. The van der Waals surface area contributed by atoms with Crippen LogP contribution in [0, 0.1) is 6.92 Å². The molecule has 4 nitrogen and oxygen atoms in total. The van der Waals surface area contributed by atoms with Crippen molar-refractivity contribution in [3.05, 3.63) is 62.9 Å². The van der Waals surface area contributed by atoms with E-state index < -0.39 is 0 Å². The standard InChI is InChI=1S/C14H12ClN3OS/c1-9-13(15)11(19)7-12-16-14(17-18(9)12)20-8-10-5-3-2-4-6-10/h2-7H,8H2,1H3,(H,16,17). The predicted octanol–water partition coefficient (Wildman–Crippen LogP) is 3.28. The molecule has 102 valence electrons. The van der Waals surface area contributed by atoms with Crippen LogP contribution in [0.5, 0.6) is 0 Å². The molecule has 0 aliphatic carbocycles. The van der Waals surface area contributed by atoms with Crippen molar-refractivity contribution in [3.63, 3.8) is 0 Å². The Balaban J connectivity index is 1.90. The van der Waals surface area contributed by atoms with Gasteiger partial charge in [0.1, 0.15) is 5.02 Å². The topological polar surface area (TPSA) is 50.2 Å². The van der Waals surface area contributed by atoms with Gasteiger partial charge in [-0.3, -0.25) is 9.89 Å². The van der Waals surface area contributed by atoms with Gasteiger partial charge < -0.3 is 0 Å². The molecule has 1 aromatic carbocycles. The van der Waals surface area contributed by atoms with E-state index in [1.54, 1.807) is 23.2 Å². The lowest BCUT2D eigenvalue weighted by Gasteiger charge is -2.00. The number of rotatable bonds is 3. The van der Waals surface area contributed by atoms with Gasteiger partial charge in [-0.1, -0.05) is 53.7 Å². The summed E-state index contributed by atoms with van der Waals surface area (Å²) in [6, 6.07) is 11.6. The summed E-state index contributed by atoms with van der Waals surface area (Å²) >= 11 is 7.54. The number of H-pyrrole nitrogens is 1. The molecule has 0 aliphatic heterocycles. The van der Waals surface area contributed by atoms with Gasteiger partial charge in [-0.15, -0.1) is 0 Å². The number of hydrogen-bond donors (Lipinski definition) is 1. The van der Waals surface area contributed by atoms with Gasteiger partial charge in [0.05, 0.1) is 5.69 Å². The molecule has 0 saturated heterocycles. The largest absolute Gasteiger partial charge is 0.288 e. The van der Waals surface area contributed by atoms with E-state index >= 15 is 0 Å². The molecule has 2 heterocycles. The highest BCUT2D eigenvalue weighted by Crippen LogP contribution is 2.21. The van der Waals surface area contributed by atoms with Crippen LogP contribution in [0.15, 0.2) is 46.3 Å². The van der Waals surface area contributed by atoms with E-state index in [9.17, 15) is 4.79 Å². The molecule has 0 unspecified atom stereocenters. The molecular formula is C14H12ClN3OS. The lowest BCUT2D eigenvalue weighted by Crippen LogP contribution is -2.07. The zero-order valence-corrected chi connectivity index (χ0v) is 12.3. The number of aromatic nitrogens is 3. The molecule has 0 bridgehead atoms. The van der Waals surface area contributed by atoms with Crippen LogP contribution < -0.4 is 5.43 Å². The van der Waals surface area contributed by atoms with E-state index in [-0.39, 0.29) is 10.5 Å². The summed E-state index contributed by atoms with van der Waals surface area (Å²) in [5.74, 6) is 0.818. The van der Waals surface area contributed by atoms with E-state index in [0.717, 1.165) is 10.9 Å². The van der Waals surface area contributed by atoms with Gasteiger partial charge in [0.15, 0.2) is 10.8 Å². The van der Waals surface area contributed by atoms with Crippen molar-refractivity contribution in [2.75, 3.05) is 0 Å². The van der Waals surface area contributed by atoms with Gasteiger partial charge in [-0.05, 0) is 12.5 Å². The van der Waals surface area contributed by atoms with Crippen molar-refractivity contribution in [1.82, 2.24) is 14.6 Å². The summed E-state index contributed by atoms with van der Waals surface area (Å²) in [6.07, 6.45) is 0. The van der Waals surface area contributed by atoms with E-state index in [4.69, 9.17) is 11.6 Å². The Hall–Kier alpha value is -1.72. The molecular weight excluding hydrogens is 294 g/mol. The van der Waals surface area contributed by atoms with E-state index in [1.807, 2.05) is 18.2 Å². The predicted molar refractivity (Wildman–Crippen MR) is 81.6 cm³/mol. The molecule has 0 atom stereocenters. The van der Waals surface area contributed by atoms with E-state index in [2.05, 4.69) is 22.2 Å². The van der Waals surface area contributed by atoms with Gasteiger partial charge in [-0.25, -0.2) is 9.50 Å². The Kier molecular flexibility index (Phi) is 3.54. The minimum atomic E-state index is -0.199. The smallest absolute Gasteiger partial charge is 0.202 e. The van der Waals surface area contributed by atoms with Crippen LogP contribution >= 0.6 is 23.4 Å². The van der Waals surface area contributed by atoms with Crippen molar-refractivity contribution in [2.45, 2.75) is 17.8 Å². The SMILES string of the molecule is Cc1c(Cl)c(=O)cc2nc(SCc3ccccc3)[nH]n12. The second kappa shape index (κ2) is 5.34. The molecule has 0 spiro atoms. The second-order valence-electron chi connectivity index (χ2n) is 4.40. The zero-order chi connectivity index (χ0) is 14.1. The fourth-order valence-corrected chi connectivity index (χ4v) is 2.88. The highest BCUT2D eigenvalue weighted by atomic mass is 35.5. The third kappa shape index (κ3) is 2.46. The number of pyridine rings is 1. The Morgan fingerprint density at radius 2 is 2.10 bits per heavy atom. The van der Waals surface area contributed by atoms with E-state index in [1.165, 1.54) is 11.6 Å².